The van der Waals surface area contributed by atoms with Gasteiger partial charge < -0.3 is 4.74 Å². The summed E-state index contributed by atoms with van der Waals surface area (Å²) >= 11 is 5.41. The predicted octanol–water partition coefficient (Wildman–Crippen LogP) is 2.67. The lowest BCUT2D eigenvalue weighted by Crippen LogP contribution is -2.20. The van der Waals surface area contributed by atoms with E-state index in [2.05, 4.69) is 41.5 Å². The Morgan fingerprint density at radius 2 is 1.60 bits per heavy atom. The van der Waals surface area contributed by atoms with E-state index in [0.717, 1.165) is 27.1 Å². The Hall–Kier alpha value is -0.153. The van der Waals surface area contributed by atoms with Crippen LogP contribution in [0.15, 0.2) is 11.8 Å². The van der Waals surface area contributed by atoms with E-state index in [0.29, 0.717) is 0 Å². The van der Waals surface area contributed by atoms with Gasteiger partial charge in [0.25, 0.3) is 0 Å². The summed E-state index contributed by atoms with van der Waals surface area (Å²) in [5.41, 5.74) is 0.0834. The van der Waals surface area contributed by atoms with Crippen LogP contribution in [-0.2, 0) is 4.74 Å². The number of hydrogen-bond acceptors (Lipinski definition) is 2. The zero-order valence-electron chi connectivity index (χ0n) is 11.1. The van der Waals surface area contributed by atoms with Gasteiger partial charge in [0, 0.05) is 10.3 Å². The van der Waals surface area contributed by atoms with Gasteiger partial charge in [0.1, 0.15) is 5.76 Å². The lowest BCUT2D eigenvalue weighted by atomic mass is 9.87. The minimum atomic E-state index is 0.0414. The Morgan fingerprint density at radius 1 is 1.13 bits per heavy atom. The quantitative estimate of drug-likeness (QED) is 0.327. The Bertz CT molecular complexity index is 256. The molecule has 0 amide bonds. The van der Waals surface area contributed by atoms with Crippen LogP contribution in [0, 0.1) is 10.8 Å². The molecule has 0 aromatic rings. The van der Waals surface area contributed by atoms with Crippen LogP contribution in [0.1, 0.15) is 41.5 Å². The number of allylic oxidation sites excluding steroid dienone is 2. The molecule has 0 N–H and O–H groups in total. The lowest BCUT2D eigenvalue weighted by molar-refractivity contribution is 0.191. The van der Waals surface area contributed by atoms with Crippen molar-refractivity contribution >= 4 is 27.3 Å². The third-order valence-corrected chi connectivity index (χ3v) is 3.06. The molecule has 0 fully saturated rings. The Morgan fingerprint density at radius 3 is 1.87 bits per heavy atom. The molecule has 0 atom stereocenters. The van der Waals surface area contributed by atoms with E-state index in [1.165, 1.54) is 0 Å². The number of hydrogen-bond donors (Lipinski definition) is 0. The maximum Gasteiger partial charge on any atom is 0.102 e. The van der Waals surface area contributed by atoms with Crippen LogP contribution in [0.4, 0.5) is 0 Å². The van der Waals surface area contributed by atoms with E-state index < -0.39 is 0 Å². The average molecular weight is 244 g/mol. The van der Waals surface area contributed by atoms with Crippen molar-refractivity contribution in [1.82, 2.24) is 0 Å². The third kappa shape index (κ3) is 5.47. The fourth-order valence-electron chi connectivity index (χ4n) is 0.966. The molecule has 0 aliphatic heterocycles. The number of thiocarbonyl (C=S) groups is 1. The van der Waals surface area contributed by atoms with Crippen LogP contribution in [0.2, 0.25) is 0 Å². The van der Waals surface area contributed by atoms with Gasteiger partial charge in [0.2, 0.25) is 0 Å². The first-order valence-electron chi connectivity index (χ1n) is 5.48. The smallest absolute Gasteiger partial charge is 0.102 e. The molecule has 0 bridgehead atoms. The zero-order chi connectivity index (χ0) is 12.3. The van der Waals surface area contributed by atoms with Crippen molar-refractivity contribution in [2.75, 3.05) is 6.23 Å². The summed E-state index contributed by atoms with van der Waals surface area (Å²) < 4.78 is 5.71. The second kappa shape index (κ2) is 5.26. The molecule has 1 nitrogen and oxygen atoms in total. The van der Waals surface area contributed by atoms with Gasteiger partial charge in [-0.1, -0.05) is 53.8 Å². The Balaban J connectivity index is 4.94. The Kier molecular flexibility index (Phi) is 5.20. The zero-order valence-corrected chi connectivity index (χ0v) is 13.9. The van der Waals surface area contributed by atoms with Crippen molar-refractivity contribution in [3.8, 4) is 0 Å². The minimum absolute atomic E-state index is 0.0414. The number of rotatable bonds is 3. The summed E-state index contributed by atoms with van der Waals surface area (Å²) in [5, 5.41) is 0. The van der Waals surface area contributed by atoms with E-state index >= 15 is 0 Å². The summed E-state index contributed by atoms with van der Waals surface area (Å²) in [6.45, 7) is 12.9. The van der Waals surface area contributed by atoms with Gasteiger partial charge in [-0.15, -0.1) is 0 Å². The van der Waals surface area contributed by atoms with Crippen LogP contribution in [0.25, 0.3) is 0 Å². The molecule has 88 valence electrons. The average Bonchev–Trinajstić information content (AvgIpc) is 1.99. The summed E-state index contributed by atoms with van der Waals surface area (Å²) in [5.74, 6) is 1.01. The highest BCUT2D eigenvalue weighted by Crippen LogP contribution is 2.28. The normalized spacial score (nSPS) is 14.1. The first-order valence-corrected chi connectivity index (χ1v) is 7.30. The lowest BCUT2D eigenvalue weighted by Gasteiger charge is -2.25. The highest BCUT2D eigenvalue weighted by Gasteiger charge is 2.22. The molecule has 0 aliphatic rings. The summed E-state index contributed by atoms with van der Waals surface area (Å²) in [6, 6.07) is 0. The summed E-state index contributed by atoms with van der Waals surface area (Å²) in [6.07, 6.45) is 2.86. The van der Waals surface area contributed by atoms with E-state index in [1.54, 1.807) is 0 Å². The van der Waals surface area contributed by atoms with Crippen LogP contribution >= 0.6 is 12.2 Å². The van der Waals surface area contributed by atoms with Crippen LogP contribution in [0.5, 0.6) is 0 Å². The van der Waals surface area contributed by atoms with Crippen molar-refractivity contribution in [1.29, 1.82) is 0 Å². The molecule has 0 saturated heterocycles. The molecule has 0 radical (unpaired) electrons. The topological polar surface area (TPSA) is 9.23 Å². The van der Waals surface area contributed by atoms with Gasteiger partial charge in [-0.25, -0.2) is 0 Å². The minimum Gasteiger partial charge on any atom is -0.502 e. The molecule has 0 aliphatic carbocycles. The SMILES string of the molecule is CC(C)(C)C(=S)/C=C(\OC[SiH3])C(C)(C)C. The highest BCUT2D eigenvalue weighted by atomic mass is 32.1. The van der Waals surface area contributed by atoms with Crippen molar-refractivity contribution < 1.29 is 4.74 Å². The highest BCUT2D eigenvalue weighted by molar-refractivity contribution is 7.80. The van der Waals surface area contributed by atoms with Gasteiger partial charge in [-0.2, -0.15) is 0 Å². The van der Waals surface area contributed by atoms with E-state index in [4.69, 9.17) is 17.0 Å². The van der Waals surface area contributed by atoms with Gasteiger partial charge in [0.05, 0.1) is 16.5 Å². The third-order valence-electron chi connectivity index (χ3n) is 2.04. The van der Waals surface area contributed by atoms with E-state index in [-0.39, 0.29) is 10.8 Å². The first kappa shape index (κ1) is 14.8. The first-order chi connectivity index (χ1) is 6.59. The molecule has 15 heavy (non-hydrogen) atoms. The monoisotopic (exact) mass is 244 g/mol. The summed E-state index contributed by atoms with van der Waals surface area (Å²) in [4.78, 5) is 0.961. The van der Waals surface area contributed by atoms with Gasteiger partial charge in [-0.05, 0) is 11.5 Å². The molecular formula is C12H24OSSi. The Labute approximate surface area is 103 Å². The molecule has 0 heterocycles. The second-order valence-corrected chi connectivity index (χ2v) is 6.82. The van der Waals surface area contributed by atoms with Gasteiger partial charge >= 0.3 is 0 Å². The molecule has 0 rings (SSSR count). The molecule has 0 saturated carbocycles. The van der Waals surface area contributed by atoms with E-state index in [1.807, 2.05) is 6.08 Å². The second-order valence-electron chi connectivity index (χ2n) is 5.81. The maximum atomic E-state index is 5.71. The summed E-state index contributed by atoms with van der Waals surface area (Å²) in [7, 11) is 1.05. The maximum absolute atomic E-state index is 5.71. The molecule has 0 aromatic heterocycles. The fourth-order valence-corrected chi connectivity index (χ4v) is 1.38. The van der Waals surface area contributed by atoms with Crippen LogP contribution < -0.4 is 0 Å². The number of ether oxygens (including phenoxy) is 1. The molecule has 0 aromatic carbocycles. The predicted molar refractivity (Wildman–Crippen MR) is 75.5 cm³/mol. The van der Waals surface area contributed by atoms with E-state index in [9.17, 15) is 0 Å². The molecular weight excluding hydrogens is 220 g/mol. The van der Waals surface area contributed by atoms with Crippen molar-refractivity contribution in [3.63, 3.8) is 0 Å². The molecule has 0 unspecified atom stereocenters. The molecule has 0 spiro atoms. The van der Waals surface area contributed by atoms with Crippen LogP contribution in [0.3, 0.4) is 0 Å². The van der Waals surface area contributed by atoms with Crippen molar-refractivity contribution in [2.24, 2.45) is 10.8 Å². The largest absolute Gasteiger partial charge is 0.502 e. The van der Waals surface area contributed by atoms with Crippen LogP contribution in [-0.4, -0.2) is 21.3 Å². The van der Waals surface area contributed by atoms with Crippen molar-refractivity contribution in [3.05, 3.63) is 11.8 Å². The van der Waals surface area contributed by atoms with Gasteiger partial charge in [-0.3, -0.25) is 0 Å². The standard InChI is InChI=1S/C12H24OSSi/c1-11(2,3)9(13-8-15)7-10(14)12(4,5)6/h7H,8H2,1-6,15H3/b9-7-. The molecule has 3 heteroatoms. The fraction of sp³-hybridized carbons (Fsp3) is 0.750. The van der Waals surface area contributed by atoms with Crippen molar-refractivity contribution in [2.45, 2.75) is 41.5 Å². The van der Waals surface area contributed by atoms with Gasteiger partial charge in [0.15, 0.2) is 0 Å².